The van der Waals surface area contributed by atoms with Crippen LogP contribution in [0.1, 0.15) is 26.2 Å². The zero-order valence-corrected chi connectivity index (χ0v) is 11.5. The summed E-state index contributed by atoms with van der Waals surface area (Å²) in [7, 11) is 0. The van der Waals surface area contributed by atoms with Gasteiger partial charge in [-0.25, -0.2) is 4.79 Å². The molecule has 2 aliphatic rings. The second-order valence-electron chi connectivity index (χ2n) is 4.89. The van der Waals surface area contributed by atoms with Gasteiger partial charge in [-0.2, -0.15) is 11.8 Å². The summed E-state index contributed by atoms with van der Waals surface area (Å²) >= 11 is 1.61. The Kier molecular flexibility index (Phi) is 4.17. The van der Waals surface area contributed by atoms with Crippen LogP contribution in [0.5, 0.6) is 0 Å². The van der Waals surface area contributed by atoms with Crippen LogP contribution in [0.3, 0.4) is 0 Å². The van der Waals surface area contributed by atoms with Gasteiger partial charge in [-0.1, -0.05) is 6.92 Å². The highest BCUT2D eigenvalue weighted by Crippen LogP contribution is 2.28. The number of amides is 1. The number of nitrogens with one attached hydrogen (secondary N) is 1. The summed E-state index contributed by atoms with van der Waals surface area (Å²) in [6.45, 7) is 3.38. The van der Waals surface area contributed by atoms with Crippen LogP contribution in [0.2, 0.25) is 0 Å². The van der Waals surface area contributed by atoms with Crippen molar-refractivity contribution in [3.05, 3.63) is 0 Å². The summed E-state index contributed by atoms with van der Waals surface area (Å²) in [6.07, 6.45) is 2.53. The molecule has 5 nitrogen and oxygen atoms in total. The van der Waals surface area contributed by atoms with Gasteiger partial charge in [0.1, 0.15) is 6.04 Å². The fourth-order valence-electron chi connectivity index (χ4n) is 2.77. The predicted molar refractivity (Wildman–Crippen MR) is 70.7 cm³/mol. The number of nitrogens with zero attached hydrogens (tertiary/aromatic N) is 1. The van der Waals surface area contributed by atoms with Crippen molar-refractivity contribution in [3.63, 3.8) is 0 Å². The molecule has 2 fully saturated rings. The van der Waals surface area contributed by atoms with Crippen molar-refractivity contribution in [2.24, 2.45) is 0 Å². The fraction of sp³-hybridized carbons (Fsp3) is 0.833. The monoisotopic (exact) mass is 272 g/mol. The Morgan fingerprint density at radius 2 is 2.33 bits per heavy atom. The van der Waals surface area contributed by atoms with E-state index in [1.165, 1.54) is 0 Å². The maximum absolute atomic E-state index is 12.7. The van der Waals surface area contributed by atoms with Gasteiger partial charge >= 0.3 is 5.97 Å². The molecular weight excluding hydrogens is 252 g/mol. The molecule has 2 atom stereocenters. The lowest BCUT2D eigenvalue weighted by molar-refractivity contribution is -0.152. The standard InChI is InChI=1S/C12H20N2O3S/c1-2-12(4-3-5-13-12)11(17)14-6-7-18-8-9(14)10(15)16/h9,13H,2-8H2,1H3,(H,15,16). The summed E-state index contributed by atoms with van der Waals surface area (Å²) < 4.78 is 0. The molecule has 2 heterocycles. The Hall–Kier alpha value is -0.750. The molecule has 2 aliphatic heterocycles. The van der Waals surface area contributed by atoms with E-state index in [9.17, 15) is 14.7 Å². The second-order valence-corrected chi connectivity index (χ2v) is 6.04. The number of hydrogen-bond donors (Lipinski definition) is 2. The van der Waals surface area contributed by atoms with Gasteiger partial charge in [-0.3, -0.25) is 4.79 Å². The maximum atomic E-state index is 12.7. The first-order valence-electron chi connectivity index (χ1n) is 6.47. The number of carboxylic acids is 1. The zero-order chi connectivity index (χ0) is 13.2. The van der Waals surface area contributed by atoms with Crippen LogP contribution in [-0.4, -0.2) is 58.1 Å². The molecule has 0 aromatic carbocycles. The lowest BCUT2D eigenvalue weighted by atomic mass is 9.91. The van der Waals surface area contributed by atoms with E-state index in [0.717, 1.165) is 31.6 Å². The topological polar surface area (TPSA) is 69.6 Å². The molecule has 0 aromatic rings. The summed E-state index contributed by atoms with van der Waals surface area (Å²) in [5.41, 5.74) is -0.518. The first kappa shape index (κ1) is 13.7. The van der Waals surface area contributed by atoms with Crippen molar-refractivity contribution >= 4 is 23.6 Å². The summed E-state index contributed by atoms with van der Waals surface area (Å²) in [5.74, 6) is 0.422. The van der Waals surface area contributed by atoms with Crippen molar-refractivity contribution in [2.75, 3.05) is 24.6 Å². The van der Waals surface area contributed by atoms with E-state index in [1.54, 1.807) is 16.7 Å². The van der Waals surface area contributed by atoms with Crippen molar-refractivity contribution in [3.8, 4) is 0 Å². The summed E-state index contributed by atoms with van der Waals surface area (Å²) in [4.78, 5) is 25.5. The number of aliphatic carboxylic acids is 1. The Bertz CT molecular complexity index is 342. The molecule has 1 amide bonds. The predicted octanol–water partition coefficient (Wildman–Crippen LogP) is 0.547. The van der Waals surface area contributed by atoms with E-state index in [-0.39, 0.29) is 5.91 Å². The maximum Gasteiger partial charge on any atom is 0.327 e. The van der Waals surface area contributed by atoms with Crippen molar-refractivity contribution < 1.29 is 14.7 Å². The Morgan fingerprint density at radius 1 is 1.56 bits per heavy atom. The van der Waals surface area contributed by atoms with Crippen LogP contribution >= 0.6 is 11.8 Å². The van der Waals surface area contributed by atoms with Crippen LogP contribution in [0.15, 0.2) is 0 Å². The molecule has 0 aliphatic carbocycles. The van der Waals surface area contributed by atoms with Gasteiger partial charge in [-0.05, 0) is 25.8 Å². The highest BCUT2D eigenvalue weighted by molar-refractivity contribution is 7.99. The Morgan fingerprint density at radius 3 is 2.89 bits per heavy atom. The largest absolute Gasteiger partial charge is 0.480 e. The van der Waals surface area contributed by atoms with Crippen LogP contribution in [0.25, 0.3) is 0 Å². The van der Waals surface area contributed by atoms with Crippen molar-refractivity contribution in [2.45, 2.75) is 37.8 Å². The highest BCUT2D eigenvalue weighted by atomic mass is 32.2. The molecule has 0 bridgehead atoms. The van der Waals surface area contributed by atoms with Gasteiger partial charge < -0.3 is 15.3 Å². The average Bonchev–Trinajstić information content (AvgIpc) is 2.87. The van der Waals surface area contributed by atoms with Crippen molar-refractivity contribution in [1.82, 2.24) is 10.2 Å². The van der Waals surface area contributed by atoms with E-state index < -0.39 is 17.6 Å². The SMILES string of the molecule is CCC1(C(=O)N2CCSCC2C(=O)O)CCCN1. The number of thioether (sulfide) groups is 1. The van der Waals surface area contributed by atoms with Crippen LogP contribution in [-0.2, 0) is 9.59 Å². The van der Waals surface area contributed by atoms with Gasteiger partial charge in [0, 0.05) is 18.1 Å². The molecule has 18 heavy (non-hydrogen) atoms. The van der Waals surface area contributed by atoms with E-state index in [4.69, 9.17) is 0 Å². The van der Waals surface area contributed by atoms with Crippen molar-refractivity contribution in [1.29, 1.82) is 0 Å². The van der Waals surface area contributed by atoms with Crippen LogP contribution in [0.4, 0.5) is 0 Å². The molecule has 0 aromatic heterocycles. The summed E-state index contributed by atoms with van der Waals surface area (Å²) in [6, 6.07) is -0.665. The minimum atomic E-state index is -0.889. The van der Waals surface area contributed by atoms with Gasteiger partial charge in [0.05, 0.1) is 5.54 Å². The van der Waals surface area contributed by atoms with E-state index in [2.05, 4.69) is 5.32 Å². The van der Waals surface area contributed by atoms with Crippen LogP contribution < -0.4 is 5.32 Å². The molecule has 0 radical (unpaired) electrons. The molecular formula is C12H20N2O3S. The molecule has 102 valence electrons. The highest BCUT2D eigenvalue weighted by Gasteiger charge is 2.45. The molecule has 2 unspecified atom stereocenters. The Balaban J connectivity index is 2.17. The third kappa shape index (κ3) is 2.36. The lowest BCUT2D eigenvalue weighted by Gasteiger charge is -2.39. The normalized spacial score (nSPS) is 32.5. The minimum absolute atomic E-state index is 0.0183. The second kappa shape index (κ2) is 5.48. The van der Waals surface area contributed by atoms with E-state index >= 15 is 0 Å². The molecule has 6 heteroatoms. The number of hydrogen-bond acceptors (Lipinski definition) is 4. The quantitative estimate of drug-likeness (QED) is 0.785. The minimum Gasteiger partial charge on any atom is -0.480 e. The number of rotatable bonds is 3. The van der Waals surface area contributed by atoms with Gasteiger partial charge in [-0.15, -0.1) is 0 Å². The molecule has 0 saturated carbocycles. The molecule has 2 N–H and O–H groups in total. The van der Waals surface area contributed by atoms with Gasteiger partial charge in [0.25, 0.3) is 0 Å². The smallest absolute Gasteiger partial charge is 0.327 e. The van der Waals surface area contributed by atoms with Gasteiger partial charge in [0.2, 0.25) is 5.91 Å². The Labute approximate surface area is 111 Å². The first-order valence-corrected chi connectivity index (χ1v) is 7.63. The summed E-state index contributed by atoms with van der Waals surface area (Å²) in [5, 5.41) is 12.5. The lowest BCUT2D eigenvalue weighted by Crippen LogP contribution is -2.60. The average molecular weight is 272 g/mol. The third-order valence-corrected chi connectivity index (χ3v) is 4.95. The number of carbonyl (C=O) groups is 2. The molecule has 2 saturated heterocycles. The van der Waals surface area contributed by atoms with Crippen LogP contribution in [0, 0.1) is 0 Å². The van der Waals surface area contributed by atoms with E-state index in [1.807, 2.05) is 6.92 Å². The number of carbonyl (C=O) groups excluding carboxylic acids is 1. The molecule has 2 rings (SSSR count). The third-order valence-electron chi connectivity index (χ3n) is 3.93. The molecule has 0 spiro atoms. The van der Waals surface area contributed by atoms with E-state index in [0.29, 0.717) is 12.3 Å². The fourth-order valence-corrected chi connectivity index (χ4v) is 3.81. The number of carboxylic acid groups (broad SMARTS) is 1. The first-order chi connectivity index (χ1) is 8.60. The van der Waals surface area contributed by atoms with Gasteiger partial charge in [0.15, 0.2) is 0 Å². The zero-order valence-electron chi connectivity index (χ0n) is 10.6.